The third kappa shape index (κ3) is 3.22. The first kappa shape index (κ1) is 20.9. The molecule has 1 N–H and O–H groups in total. The summed E-state index contributed by atoms with van der Waals surface area (Å²) >= 11 is 0. The van der Waals surface area contributed by atoms with Gasteiger partial charge >= 0.3 is 0 Å². The lowest BCUT2D eigenvalue weighted by molar-refractivity contribution is -0.136. The van der Waals surface area contributed by atoms with Gasteiger partial charge in [-0.05, 0) is 62.3 Å². The van der Waals surface area contributed by atoms with E-state index in [9.17, 15) is 14.4 Å². The normalized spacial score (nSPS) is 39.0. The fourth-order valence-corrected chi connectivity index (χ4v) is 7.52. The molecule has 3 amide bonds. The SMILES string of the molecule is O=C1CCC(N2Cc3cc(O[C@H]4CCC[C@H]4N4C[C@@H]5[C@H](C4)[C@H]4CC[C@@H]5O4)ccc3C2=O)C(=O)N1. The zero-order chi connectivity index (χ0) is 23.0. The Bertz CT molecular complexity index is 1040. The average molecular weight is 466 g/mol. The van der Waals surface area contributed by atoms with Crippen LogP contribution in [0.15, 0.2) is 18.2 Å². The maximum atomic E-state index is 13.0. The van der Waals surface area contributed by atoms with Crippen LogP contribution in [0.4, 0.5) is 0 Å². The molecule has 5 aliphatic heterocycles. The van der Waals surface area contributed by atoms with Crippen LogP contribution in [0, 0.1) is 11.8 Å². The smallest absolute Gasteiger partial charge is 0.255 e. The van der Waals surface area contributed by atoms with Crippen molar-refractivity contribution in [1.29, 1.82) is 0 Å². The summed E-state index contributed by atoms with van der Waals surface area (Å²) < 4.78 is 12.7. The standard InChI is InChI=1S/C26H31N3O5/c30-24-9-6-20(25(31)27-24)29-11-14-10-15(4-5-16(14)26(29)32)33-23-3-1-2-19(23)28-12-17-18(13-28)22-8-7-21(17)34-22/h4-5,10,17-23H,1-3,6-9,11-13H2,(H,27,30,31)/t17-,18+,19-,20?,21+,22-,23+/m1/s1. The molecule has 8 heteroatoms. The van der Waals surface area contributed by atoms with Gasteiger partial charge in [-0.15, -0.1) is 0 Å². The number of ether oxygens (including phenoxy) is 2. The molecule has 7 rings (SSSR count). The molecule has 0 radical (unpaired) electrons. The van der Waals surface area contributed by atoms with E-state index in [1.807, 2.05) is 18.2 Å². The summed E-state index contributed by atoms with van der Waals surface area (Å²) in [4.78, 5) is 41.0. The predicted molar refractivity (Wildman–Crippen MR) is 121 cm³/mol. The monoisotopic (exact) mass is 465 g/mol. The Kier molecular flexibility index (Phi) is 4.78. The van der Waals surface area contributed by atoms with Gasteiger partial charge in [-0.25, -0.2) is 0 Å². The van der Waals surface area contributed by atoms with E-state index in [1.165, 1.54) is 25.7 Å². The van der Waals surface area contributed by atoms with Crippen LogP contribution in [-0.2, 0) is 20.9 Å². The number of amides is 3. The van der Waals surface area contributed by atoms with Crippen molar-refractivity contribution < 1.29 is 23.9 Å². The number of benzene rings is 1. The van der Waals surface area contributed by atoms with Crippen molar-refractivity contribution in [2.45, 2.75) is 81.9 Å². The second-order valence-corrected chi connectivity index (χ2v) is 10.9. The summed E-state index contributed by atoms with van der Waals surface area (Å²) in [7, 11) is 0. The highest BCUT2D eigenvalue weighted by Crippen LogP contribution is 2.48. The first-order valence-electron chi connectivity index (χ1n) is 12.9. The molecular formula is C26H31N3O5. The van der Waals surface area contributed by atoms with Gasteiger partial charge in [0.2, 0.25) is 11.8 Å². The second-order valence-electron chi connectivity index (χ2n) is 10.9. The molecule has 6 aliphatic rings. The van der Waals surface area contributed by atoms with Gasteiger partial charge in [0.25, 0.3) is 5.91 Å². The van der Waals surface area contributed by atoms with Crippen LogP contribution in [0.1, 0.15) is 60.9 Å². The van der Waals surface area contributed by atoms with E-state index in [0.29, 0.717) is 48.6 Å². The minimum absolute atomic E-state index is 0.143. The van der Waals surface area contributed by atoms with Crippen molar-refractivity contribution in [3.8, 4) is 5.75 Å². The largest absolute Gasteiger partial charge is 0.489 e. The van der Waals surface area contributed by atoms with E-state index < -0.39 is 6.04 Å². The van der Waals surface area contributed by atoms with Crippen LogP contribution in [0.5, 0.6) is 5.75 Å². The molecule has 1 saturated carbocycles. The quantitative estimate of drug-likeness (QED) is 0.683. The van der Waals surface area contributed by atoms with Crippen molar-refractivity contribution in [2.24, 2.45) is 11.8 Å². The van der Waals surface area contributed by atoms with E-state index in [-0.39, 0.29) is 30.2 Å². The van der Waals surface area contributed by atoms with Crippen LogP contribution in [0.3, 0.4) is 0 Å². The Morgan fingerprint density at radius 3 is 2.53 bits per heavy atom. The third-order valence-electron chi connectivity index (χ3n) is 9.15. The van der Waals surface area contributed by atoms with Crippen LogP contribution >= 0.6 is 0 Å². The number of nitrogens with zero attached hydrogens (tertiary/aromatic N) is 2. The first-order valence-corrected chi connectivity index (χ1v) is 12.9. The summed E-state index contributed by atoms with van der Waals surface area (Å²) in [5.74, 6) is 1.41. The van der Waals surface area contributed by atoms with Crippen molar-refractivity contribution >= 4 is 17.7 Å². The van der Waals surface area contributed by atoms with Crippen molar-refractivity contribution in [3.05, 3.63) is 29.3 Å². The second kappa shape index (κ2) is 7.78. The van der Waals surface area contributed by atoms with E-state index in [4.69, 9.17) is 9.47 Å². The van der Waals surface area contributed by atoms with Gasteiger partial charge in [-0.1, -0.05) is 0 Å². The topological polar surface area (TPSA) is 88.2 Å². The van der Waals surface area contributed by atoms with Gasteiger partial charge in [-0.3, -0.25) is 24.6 Å². The highest BCUT2D eigenvalue weighted by Gasteiger charge is 2.54. The Morgan fingerprint density at radius 2 is 1.76 bits per heavy atom. The Balaban J connectivity index is 1.04. The van der Waals surface area contributed by atoms with Crippen LogP contribution in [0.25, 0.3) is 0 Å². The number of fused-ring (bicyclic) bond motifs is 6. The van der Waals surface area contributed by atoms with Gasteiger partial charge in [0.15, 0.2) is 0 Å². The number of hydrogen-bond acceptors (Lipinski definition) is 6. The molecule has 34 heavy (non-hydrogen) atoms. The molecule has 1 aromatic rings. The Hall–Kier alpha value is -2.45. The van der Waals surface area contributed by atoms with Crippen molar-refractivity contribution in [2.75, 3.05) is 13.1 Å². The van der Waals surface area contributed by atoms with E-state index in [0.717, 1.165) is 30.8 Å². The fourth-order valence-electron chi connectivity index (χ4n) is 7.52. The minimum Gasteiger partial charge on any atom is -0.489 e. The minimum atomic E-state index is -0.588. The molecule has 4 saturated heterocycles. The molecular weight excluding hydrogens is 434 g/mol. The summed E-state index contributed by atoms with van der Waals surface area (Å²) in [5.41, 5.74) is 1.52. The maximum Gasteiger partial charge on any atom is 0.255 e. The highest BCUT2D eigenvalue weighted by molar-refractivity contribution is 6.05. The number of carbonyl (C=O) groups excluding carboxylic acids is 3. The number of imide groups is 1. The van der Waals surface area contributed by atoms with Gasteiger partial charge < -0.3 is 14.4 Å². The molecule has 0 aromatic heterocycles. The van der Waals surface area contributed by atoms with E-state index in [1.54, 1.807) is 4.90 Å². The Labute approximate surface area is 198 Å². The predicted octanol–water partition coefficient (Wildman–Crippen LogP) is 1.86. The summed E-state index contributed by atoms with van der Waals surface area (Å²) in [6, 6.07) is 5.56. The third-order valence-corrected chi connectivity index (χ3v) is 9.15. The summed E-state index contributed by atoms with van der Waals surface area (Å²) in [6.45, 7) is 2.65. The zero-order valence-corrected chi connectivity index (χ0v) is 19.3. The summed E-state index contributed by atoms with van der Waals surface area (Å²) in [5, 5.41) is 2.36. The number of nitrogens with one attached hydrogen (secondary N) is 1. The molecule has 180 valence electrons. The first-order chi connectivity index (χ1) is 16.5. The van der Waals surface area contributed by atoms with Crippen molar-refractivity contribution in [3.63, 3.8) is 0 Å². The van der Waals surface area contributed by atoms with Crippen LogP contribution in [-0.4, -0.2) is 71.0 Å². The molecule has 5 fully saturated rings. The van der Waals surface area contributed by atoms with Gasteiger partial charge in [0, 0.05) is 49.5 Å². The highest BCUT2D eigenvalue weighted by atomic mass is 16.5. The number of carbonyl (C=O) groups is 3. The van der Waals surface area contributed by atoms with Gasteiger partial charge in [0.05, 0.1) is 12.2 Å². The van der Waals surface area contributed by atoms with E-state index >= 15 is 0 Å². The molecule has 8 nitrogen and oxygen atoms in total. The Morgan fingerprint density at radius 1 is 0.971 bits per heavy atom. The van der Waals surface area contributed by atoms with E-state index in [2.05, 4.69) is 10.2 Å². The molecule has 1 unspecified atom stereocenters. The molecule has 0 spiro atoms. The average Bonchev–Trinajstić information content (AvgIpc) is 3.62. The van der Waals surface area contributed by atoms with Crippen LogP contribution in [0.2, 0.25) is 0 Å². The fraction of sp³-hybridized carbons (Fsp3) is 0.654. The number of hydrogen-bond donors (Lipinski definition) is 1. The summed E-state index contributed by atoms with van der Waals surface area (Å²) in [6.07, 6.45) is 7.62. The zero-order valence-electron chi connectivity index (χ0n) is 19.3. The lowest BCUT2D eigenvalue weighted by Gasteiger charge is -2.31. The van der Waals surface area contributed by atoms with Crippen molar-refractivity contribution in [1.82, 2.24) is 15.1 Å². The number of piperidine rings is 1. The maximum absolute atomic E-state index is 13.0. The lowest BCUT2D eigenvalue weighted by Crippen LogP contribution is -2.52. The lowest BCUT2D eigenvalue weighted by atomic mass is 9.82. The molecule has 1 aromatic carbocycles. The van der Waals surface area contributed by atoms with Crippen LogP contribution < -0.4 is 10.1 Å². The number of likely N-dealkylation sites (tertiary alicyclic amines) is 1. The van der Waals surface area contributed by atoms with Gasteiger partial charge in [-0.2, -0.15) is 0 Å². The molecule has 2 bridgehead atoms. The van der Waals surface area contributed by atoms with Gasteiger partial charge in [0.1, 0.15) is 17.9 Å². The molecule has 5 heterocycles. The molecule has 7 atom stereocenters. The molecule has 1 aliphatic carbocycles. The number of rotatable bonds is 4.